The van der Waals surface area contributed by atoms with E-state index in [0.717, 1.165) is 24.6 Å². The summed E-state index contributed by atoms with van der Waals surface area (Å²) < 4.78 is 0. The first-order valence-corrected chi connectivity index (χ1v) is 7.36. The molecule has 0 aromatic heterocycles. The van der Waals surface area contributed by atoms with Crippen LogP contribution in [-0.2, 0) is 16.0 Å². The zero-order valence-electron chi connectivity index (χ0n) is 11.2. The van der Waals surface area contributed by atoms with Crippen molar-refractivity contribution in [2.75, 3.05) is 0 Å². The SMILES string of the molecule is O=C(O)CC1S/C(=N\N=C\CCc2ccccc2)NC1=O. The Kier molecular flexibility index (Phi) is 5.51. The standard InChI is InChI=1S/C14H15N3O3S/c18-12(19)9-11-13(20)16-14(21-11)17-15-8-4-7-10-5-2-1-3-6-10/h1-3,5-6,8,11H,4,7,9H2,(H,18,19)(H,16,17,20)/b15-8+. The normalized spacial score (nSPS) is 20.1. The van der Waals surface area contributed by atoms with Crippen molar-refractivity contribution in [1.29, 1.82) is 0 Å². The lowest BCUT2D eigenvalue weighted by Gasteiger charge is -1.97. The van der Waals surface area contributed by atoms with Gasteiger partial charge in [-0.25, -0.2) is 0 Å². The molecule has 1 heterocycles. The van der Waals surface area contributed by atoms with Crippen LogP contribution in [0.5, 0.6) is 0 Å². The highest BCUT2D eigenvalue weighted by Gasteiger charge is 2.32. The van der Waals surface area contributed by atoms with E-state index < -0.39 is 11.2 Å². The minimum atomic E-state index is -1.00. The zero-order chi connectivity index (χ0) is 15.1. The minimum Gasteiger partial charge on any atom is -0.481 e. The van der Waals surface area contributed by atoms with E-state index in [4.69, 9.17) is 5.11 Å². The largest absolute Gasteiger partial charge is 0.481 e. The first kappa shape index (κ1) is 15.2. The van der Waals surface area contributed by atoms with E-state index in [1.807, 2.05) is 30.3 Å². The number of thioether (sulfide) groups is 1. The van der Waals surface area contributed by atoms with Crippen LogP contribution in [0.25, 0.3) is 0 Å². The van der Waals surface area contributed by atoms with Gasteiger partial charge in [0.25, 0.3) is 0 Å². The molecule has 1 amide bonds. The third-order valence-electron chi connectivity index (χ3n) is 2.77. The van der Waals surface area contributed by atoms with E-state index in [9.17, 15) is 9.59 Å². The third-order valence-corrected chi connectivity index (χ3v) is 3.84. The van der Waals surface area contributed by atoms with Gasteiger partial charge in [-0.15, -0.1) is 5.10 Å². The number of rotatable bonds is 6. The first-order chi connectivity index (χ1) is 10.1. The number of amidine groups is 1. The maximum absolute atomic E-state index is 11.5. The molecule has 2 N–H and O–H groups in total. The monoisotopic (exact) mass is 305 g/mol. The third kappa shape index (κ3) is 5.03. The van der Waals surface area contributed by atoms with Crippen molar-refractivity contribution in [3.8, 4) is 0 Å². The molecule has 1 aliphatic rings. The van der Waals surface area contributed by atoms with Gasteiger partial charge >= 0.3 is 5.97 Å². The summed E-state index contributed by atoms with van der Waals surface area (Å²) in [6.45, 7) is 0. The number of nitrogens with one attached hydrogen (secondary N) is 1. The van der Waals surface area contributed by atoms with Crippen LogP contribution in [0.3, 0.4) is 0 Å². The summed E-state index contributed by atoms with van der Waals surface area (Å²) in [5.74, 6) is -1.34. The molecule has 1 saturated heterocycles. The second-order valence-electron chi connectivity index (χ2n) is 4.42. The molecule has 6 nitrogen and oxygen atoms in total. The van der Waals surface area contributed by atoms with Gasteiger partial charge in [-0.3, -0.25) is 9.59 Å². The van der Waals surface area contributed by atoms with Crippen molar-refractivity contribution in [3.05, 3.63) is 35.9 Å². The first-order valence-electron chi connectivity index (χ1n) is 6.48. The van der Waals surface area contributed by atoms with Crippen LogP contribution in [0.1, 0.15) is 18.4 Å². The van der Waals surface area contributed by atoms with E-state index in [1.54, 1.807) is 6.21 Å². The van der Waals surface area contributed by atoms with Crippen LogP contribution in [0.15, 0.2) is 40.5 Å². The molecule has 2 rings (SSSR count). The fraction of sp³-hybridized carbons (Fsp3) is 0.286. The quantitative estimate of drug-likeness (QED) is 0.618. The minimum absolute atomic E-state index is 0.215. The number of hydrogen-bond acceptors (Lipinski definition) is 5. The van der Waals surface area contributed by atoms with Crippen molar-refractivity contribution < 1.29 is 14.7 Å². The Morgan fingerprint density at radius 3 is 2.86 bits per heavy atom. The Bertz CT molecular complexity index is 572. The number of carbonyl (C=O) groups is 2. The summed E-state index contributed by atoms with van der Waals surface area (Å²) in [6, 6.07) is 10.0. The van der Waals surface area contributed by atoms with Gasteiger partial charge in [0.2, 0.25) is 5.91 Å². The van der Waals surface area contributed by atoms with E-state index in [1.165, 1.54) is 5.56 Å². The molecule has 0 spiro atoms. The molecule has 0 saturated carbocycles. The molecule has 1 aliphatic heterocycles. The summed E-state index contributed by atoms with van der Waals surface area (Å²) in [4.78, 5) is 22.0. The summed E-state index contributed by atoms with van der Waals surface area (Å²) in [5, 5.41) is 18.7. The number of carbonyl (C=O) groups excluding carboxylic acids is 1. The molecule has 0 bridgehead atoms. The molecule has 7 heteroatoms. The molecule has 1 unspecified atom stereocenters. The lowest BCUT2D eigenvalue weighted by molar-refractivity contribution is -0.138. The van der Waals surface area contributed by atoms with Gasteiger partial charge < -0.3 is 10.4 Å². The second kappa shape index (κ2) is 7.58. The lowest BCUT2D eigenvalue weighted by atomic mass is 10.1. The Labute approximate surface area is 126 Å². The molecule has 1 aromatic rings. The fourth-order valence-electron chi connectivity index (χ4n) is 1.77. The van der Waals surface area contributed by atoms with Crippen molar-refractivity contribution in [3.63, 3.8) is 0 Å². The molecule has 1 atom stereocenters. The van der Waals surface area contributed by atoms with E-state index in [2.05, 4.69) is 15.5 Å². The predicted octanol–water partition coefficient (Wildman–Crippen LogP) is 1.67. The summed E-state index contributed by atoms with van der Waals surface area (Å²) >= 11 is 1.10. The topological polar surface area (TPSA) is 91.1 Å². The Balaban J connectivity index is 1.78. The van der Waals surface area contributed by atoms with E-state index >= 15 is 0 Å². The Hall–Kier alpha value is -2.15. The fourth-order valence-corrected chi connectivity index (χ4v) is 2.69. The number of carboxylic acids is 1. The number of aryl methyl sites for hydroxylation is 1. The highest BCUT2D eigenvalue weighted by Crippen LogP contribution is 2.22. The average Bonchev–Trinajstić information content (AvgIpc) is 2.79. The van der Waals surface area contributed by atoms with Crippen molar-refractivity contribution >= 4 is 35.0 Å². The highest BCUT2D eigenvalue weighted by atomic mass is 32.2. The highest BCUT2D eigenvalue weighted by molar-refractivity contribution is 8.15. The molecule has 0 aliphatic carbocycles. The number of hydrogen-bond donors (Lipinski definition) is 2. The number of benzene rings is 1. The molecular weight excluding hydrogens is 290 g/mol. The van der Waals surface area contributed by atoms with Gasteiger partial charge in [-0.05, 0) is 18.4 Å². The number of carboxylic acid groups (broad SMARTS) is 1. The van der Waals surface area contributed by atoms with Gasteiger partial charge in [0.1, 0.15) is 5.25 Å². The van der Waals surface area contributed by atoms with E-state index in [-0.39, 0.29) is 12.3 Å². The van der Waals surface area contributed by atoms with Crippen molar-refractivity contribution in [1.82, 2.24) is 5.32 Å². The van der Waals surface area contributed by atoms with Gasteiger partial charge in [0.15, 0.2) is 5.17 Å². The number of amides is 1. The summed E-state index contributed by atoms with van der Waals surface area (Å²) in [6.07, 6.45) is 3.08. The van der Waals surface area contributed by atoms with Crippen LogP contribution in [0, 0.1) is 0 Å². The van der Waals surface area contributed by atoms with Gasteiger partial charge in [0.05, 0.1) is 6.42 Å². The Morgan fingerprint density at radius 2 is 2.14 bits per heavy atom. The number of nitrogens with zero attached hydrogens (tertiary/aromatic N) is 2. The average molecular weight is 305 g/mol. The van der Waals surface area contributed by atoms with Gasteiger partial charge in [-0.2, -0.15) is 5.10 Å². The molecule has 110 valence electrons. The molecular formula is C14H15N3O3S. The molecule has 21 heavy (non-hydrogen) atoms. The lowest BCUT2D eigenvalue weighted by Crippen LogP contribution is -2.26. The van der Waals surface area contributed by atoms with E-state index in [0.29, 0.717) is 5.17 Å². The summed E-state index contributed by atoms with van der Waals surface area (Å²) in [7, 11) is 0. The van der Waals surface area contributed by atoms with Crippen molar-refractivity contribution in [2.45, 2.75) is 24.5 Å². The second-order valence-corrected chi connectivity index (χ2v) is 5.61. The van der Waals surface area contributed by atoms with Crippen LogP contribution >= 0.6 is 11.8 Å². The summed E-state index contributed by atoms with van der Waals surface area (Å²) in [5.41, 5.74) is 1.22. The van der Waals surface area contributed by atoms with Gasteiger partial charge in [-0.1, -0.05) is 42.1 Å². The smallest absolute Gasteiger partial charge is 0.305 e. The predicted molar refractivity (Wildman–Crippen MR) is 82.5 cm³/mol. The maximum Gasteiger partial charge on any atom is 0.305 e. The maximum atomic E-state index is 11.5. The Morgan fingerprint density at radius 1 is 1.38 bits per heavy atom. The molecule has 1 aromatic carbocycles. The number of aliphatic carboxylic acids is 1. The van der Waals surface area contributed by atoms with Crippen LogP contribution in [-0.4, -0.2) is 33.6 Å². The molecule has 0 radical (unpaired) electrons. The van der Waals surface area contributed by atoms with Crippen LogP contribution < -0.4 is 5.32 Å². The zero-order valence-corrected chi connectivity index (χ0v) is 12.0. The van der Waals surface area contributed by atoms with Crippen molar-refractivity contribution in [2.24, 2.45) is 10.2 Å². The van der Waals surface area contributed by atoms with Crippen LogP contribution in [0.4, 0.5) is 0 Å². The molecule has 1 fully saturated rings. The van der Waals surface area contributed by atoms with Crippen LogP contribution in [0.2, 0.25) is 0 Å². The van der Waals surface area contributed by atoms with Gasteiger partial charge in [0, 0.05) is 6.21 Å².